The van der Waals surface area contributed by atoms with Gasteiger partial charge in [0.2, 0.25) is 5.13 Å². The van der Waals surface area contributed by atoms with Gasteiger partial charge in [-0.1, -0.05) is 11.3 Å². The fraction of sp³-hybridized carbons (Fsp3) is 0.333. The Kier molecular flexibility index (Phi) is 3.01. The Balaban J connectivity index is 1.87. The van der Waals surface area contributed by atoms with Crippen molar-refractivity contribution in [3.8, 4) is 10.7 Å². The first kappa shape index (κ1) is 12.8. The van der Waals surface area contributed by atoms with E-state index in [1.165, 1.54) is 11.3 Å². The Bertz CT molecular complexity index is 752. The summed E-state index contributed by atoms with van der Waals surface area (Å²) in [6.45, 7) is 3.91. The lowest BCUT2D eigenvalue weighted by molar-refractivity contribution is 0.756. The second-order valence-corrected chi connectivity index (χ2v) is 5.61. The molecule has 3 aromatic rings. The molecule has 20 heavy (non-hydrogen) atoms. The van der Waals surface area contributed by atoms with E-state index in [2.05, 4.69) is 25.7 Å². The molecule has 1 N–H and O–H groups in total. The van der Waals surface area contributed by atoms with Gasteiger partial charge in [0, 0.05) is 20.3 Å². The lowest BCUT2D eigenvalue weighted by Gasteiger charge is -1.97. The summed E-state index contributed by atoms with van der Waals surface area (Å²) in [5.41, 5.74) is 3.81. The highest BCUT2D eigenvalue weighted by molar-refractivity contribution is 7.18. The van der Waals surface area contributed by atoms with E-state index >= 15 is 0 Å². The maximum atomic E-state index is 4.32. The van der Waals surface area contributed by atoms with Crippen molar-refractivity contribution in [1.29, 1.82) is 0 Å². The number of rotatable bonds is 3. The summed E-state index contributed by atoms with van der Waals surface area (Å²) >= 11 is 1.50. The molecule has 3 aromatic heterocycles. The van der Waals surface area contributed by atoms with Gasteiger partial charge in [-0.3, -0.25) is 9.36 Å². The van der Waals surface area contributed by atoms with Crippen LogP contribution < -0.4 is 5.32 Å². The van der Waals surface area contributed by atoms with E-state index < -0.39 is 0 Å². The van der Waals surface area contributed by atoms with Crippen molar-refractivity contribution in [3.63, 3.8) is 0 Å². The van der Waals surface area contributed by atoms with Gasteiger partial charge in [0.1, 0.15) is 0 Å². The summed E-state index contributed by atoms with van der Waals surface area (Å²) in [7, 11) is 3.80. The standard InChI is InChI=1S/C12H15N7S/c1-7-5-10(19(4)16-7)11-14-15-12(20-11)13-9-6-18(3)17-8(9)2/h5-6H,1-4H3,(H,13,15). The molecule has 0 aliphatic rings. The molecular weight excluding hydrogens is 274 g/mol. The molecule has 0 amide bonds. The Morgan fingerprint density at radius 2 is 1.95 bits per heavy atom. The number of anilines is 2. The molecule has 0 atom stereocenters. The lowest BCUT2D eigenvalue weighted by Crippen LogP contribution is -1.93. The van der Waals surface area contributed by atoms with E-state index in [1.54, 1.807) is 4.68 Å². The van der Waals surface area contributed by atoms with Crippen LogP contribution in [0.25, 0.3) is 10.7 Å². The molecule has 0 spiro atoms. The van der Waals surface area contributed by atoms with E-state index in [0.717, 1.165) is 32.9 Å². The smallest absolute Gasteiger partial charge is 0.210 e. The highest BCUT2D eigenvalue weighted by Crippen LogP contribution is 2.29. The average molecular weight is 289 g/mol. The van der Waals surface area contributed by atoms with Gasteiger partial charge in [-0.15, -0.1) is 10.2 Å². The summed E-state index contributed by atoms with van der Waals surface area (Å²) in [6, 6.07) is 2.00. The molecule has 104 valence electrons. The van der Waals surface area contributed by atoms with Crippen molar-refractivity contribution in [2.24, 2.45) is 14.1 Å². The average Bonchev–Trinajstić information content (AvgIpc) is 3.02. The number of hydrogen-bond donors (Lipinski definition) is 1. The minimum Gasteiger partial charge on any atom is -0.327 e. The topological polar surface area (TPSA) is 73.5 Å². The van der Waals surface area contributed by atoms with Crippen molar-refractivity contribution in [1.82, 2.24) is 29.8 Å². The van der Waals surface area contributed by atoms with Crippen molar-refractivity contribution in [2.75, 3.05) is 5.32 Å². The third-order valence-electron chi connectivity index (χ3n) is 2.90. The zero-order chi connectivity index (χ0) is 14.3. The van der Waals surface area contributed by atoms with E-state index in [4.69, 9.17) is 0 Å². The zero-order valence-electron chi connectivity index (χ0n) is 11.7. The maximum Gasteiger partial charge on any atom is 0.210 e. The van der Waals surface area contributed by atoms with Crippen molar-refractivity contribution < 1.29 is 0 Å². The lowest BCUT2D eigenvalue weighted by atomic mass is 10.4. The van der Waals surface area contributed by atoms with Crippen LogP contribution in [0.5, 0.6) is 0 Å². The number of aryl methyl sites for hydroxylation is 4. The summed E-state index contributed by atoms with van der Waals surface area (Å²) in [4.78, 5) is 0. The molecule has 0 saturated heterocycles. The van der Waals surface area contributed by atoms with Crippen LogP contribution in [0.4, 0.5) is 10.8 Å². The molecule has 0 aliphatic heterocycles. The third-order valence-corrected chi connectivity index (χ3v) is 3.76. The Morgan fingerprint density at radius 3 is 2.55 bits per heavy atom. The van der Waals surface area contributed by atoms with Crippen molar-refractivity contribution in [2.45, 2.75) is 13.8 Å². The first-order valence-corrected chi connectivity index (χ1v) is 6.96. The number of hydrogen-bond acceptors (Lipinski definition) is 6. The largest absolute Gasteiger partial charge is 0.327 e. The third kappa shape index (κ3) is 2.29. The first-order chi connectivity index (χ1) is 9.52. The molecule has 0 bridgehead atoms. The fourth-order valence-electron chi connectivity index (χ4n) is 2.03. The van der Waals surface area contributed by atoms with Crippen LogP contribution in [0.15, 0.2) is 12.3 Å². The Morgan fingerprint density at radius 1 is 1.15 bits per heavy atom. The molecule has 7 nitrogen and oxygen atoms in total. The van der Waals surface area contributed by atoms with Gasteiger partial charge < -0.3 is 5.32 Å². The van der Waals surface area contributed by atoms with E-state index in [0.29, 0.717) is 0 Å². The molecule has 0 aliphatic carbocycles. The van der Waals surface area contributed by atoms with Gasteiger partial charge in [0.15, 0.2) is 5.01 Å². The highest BCUT2D eigenvalue weighted by atomic mass is 32.1. The van der Waals surface area contributed by atoms with Crippen LogP contribution in [0.1, 0.15) is 11.4 Å². The minimum absolute atomic E-state index is 0.745. The van der Waals surface area contributed by atoms with E-state index in [1.807, 2.05) is 44.9 Å². The second kappa shape index (κ2) is 4.71. The monoisotopic (exact) mass is 289 g/mol. The van der Waals surface area contributed by atoms with Crippen LogP contribution in [0.3, 0.4) is 0 Å². The van der Waals surface area contributed by atoms with Crippen LogP contribution >= 0.6 is 11.3 Å². The molecule has 0 unspecified atom stereocenters. The van der Waals surface area contributed by atoms with Crippen LogP contribution in [0, 0.1) is 13.8 Å². The summed E-state index contributed by atoms with van der Waals surface area (Å²) in [6.07, 6.45) is 1.92. The fourth-order valence-corrected chi connectivity index (χ4v) is 2.83. The molecule has 3 heterocycles. The molecule has 0 fully saturated rings. The van der Waals surface area contributed by atoms with Gasteiger partial charge in [-0.05, 0) is 19.9 Å². The predicted molar refractivity (Wildman–Crippen MR) is 78.1 cm³/mol. The van der Waals surface area contributed by atoms with Gasteiger partial charge in [-0.2, -0.15) is 10.2 Å². The molecule has 0 aromatic carbocycles. The summed E-state index contributed by atoms with van der Waals surface area (Å²) in [5, 5.41) is 21.8. The van der Waals surface area contributed by atoms with Crippen LogP contribution in [-0.4, -0.2) is 29.8 Å². The quantitative estimate of drug-likeness (QED) is 0.798. The molecule has 0 radical (unpaired) electrons. The first-order valence-electron chi connectivity index (χ1n) is 6.14. The van der Waals surface area contributed by atoms with Gasteiger partial charge >= 0.3 is 0 Å². The van der Waals surface area contributed by atoms with Gasteiger partial charge in [-0.25, -0.2) is 0 Å². The number of nitrogens with one attached hydrogen (secondary N) is 1. The Hall–Kier alpha value is -2.22. The number of aromatic nitrogens is 6. The van der Waals surface area contributed by atoms with E-state index in [9.17, 15) is 0 Å². The Labute approximate surface area is 120 Å². The summed E-state index contributed by atoms with van der Waals surface area (Å²) < 4.78 is 3.58. The van der Waals surface area contributed by atoms with Crippen LogP contribution in [-0.2, 0) is 14.1 Å². The predicted octanol–water partition coefficient (Wildman–Crippen LogP) is 2.03. The molecule has 3 rings (SSSR count). The van der Waals surface area contributed by atoms with Crippen molar-refractivity contribution >= 4 is 22.2 Å². The van der Waals surface area contributed by atoms with E-state index in [-0.39, 0.29) is 0 Å². The molecule has 8 heteroatoms. The highest BCUT2D eigenvalue weighted by Gasteiger charge is 2.12. The second-order valence-electron chi connectivity index (χ2n) is 4.63. The SMILES string of the molecule is Cc1cc(-c2nnc(Nc3cn(C)nc3C)s2)n(C)n1. The maximum absolute atomic E-state index is 4.32. The molecule has 0 saturated carbocycles. The van der Waals surface area contributed by atoms with Gasteiger partial charge in [0.25, 0.3) is 0 Å². The minimum atomic E-state index is 0.745. The summed E-state index contributed by atoms with van der Waals surface area (Å²) in [5.74, 6) is 0. The zero-order valence-corrected chi connectivity index (χ0v) is 12.6. The van der Waals surface area contributed by atoms with Crippen LogP contribution in [0.2, 0.25) is 0 Å². The van der Waals surface area contributed by atoms with Crippen molar-refractivity contribution in [3.05, 3.63) is 23.7 Å². The normalized spacial score (nSPS) is 11.0. The van der Waals surface area contributed by atoms with Gasteiger partial charge in [0.05, 0.1) is 22.8 Å². The number of nitrogens with zero attached hydrogens (tertiary/aromatic N) is 6. The molecular formula is C12H15N7S.